The van der Waals surface area contributed by atoms with E-state index in [1.807, 2.05) is 6.92 Å². The van der Waals surface area contributed by atoms with Gasteiger partial charge in [-0.3, -0.25) is 9.89 Å². The standard InChI is InChI=1S/C9H15N3O3/c1-7-6-8(12-11-7)9(14)10-2-4-15-5-3-13/h6,13H,2-5H2,1H3,(H,10,14)(H,11,12). The fraction of sp³-hybridized carbons (Fsp3) is 0.556. The Hall–Kier alpha value is -1.40. The number of nitrogens with zero attached hydrogens (tertiary/aromatic N) is 1. The van der Waals surface area contributed by atoms with Crippen molar-refractivity contribution in [3.05, 3.63) is 17.5 Å². The van der Waals surface area contributed by atoms with Gasteiger partial charge in [-0.1, -0.05) is 0 Å². The van der Waals surface area contributed by atoms with Crippen LogP contribution in [0.15, 0.2) is 6.07 Å². The van der Waals surface area contributed by atoms with Crippen LogP contribution in [0, 0.1) is 6.92 Å². The first-order valence-corrected chi connectivity index (χ1v) is 4.73. The molecule has 0 spiro atoms. The van der Waals surface area contributed by atoms with Crippen molar-refractivity contribution in [3.63, 3.8) is 0 Å². The van der Waals surface area contributed by atoms with E-state index in [4.69, 9.17) is 9.84 Å². The molecule has 0 saturated carbocycles. The minimum absolute atomic E-state index is 0.00743. The molecule has 0 aliphatic rings. The van der Waals surface area contributed by atoms with E-state index >= 15 is 0 Å². The number of hydrogen-bond acceptors (Lipinski definition) is 4. The Labute approximate surface area is 87.6 Å². The molecule has 1 aromatic rings. The SMILES string of the molecule is Cc1cc(C(=O)NCCOCCO)n[nH]1. The maximum Gasteiger partial charge on any atom is 0.271 e. The van der Waals surface area contributed by atoms with E-state index in [9.17, 15) is 4.79 Å². The summed E-state index contributed by atoms with van der Waals surface area (Å²) in [4.78, 5) is 11.4. The molecule has 1 aromatic heterocycles. The lowest BCUT2D eigenvalue weighted by atomic mass is 10.3. The fourth-order valence-electron chi connectivity index (χ4n) is 1.03. The van der Waals surface area contributed by atoms with Gasteiger partial charge in [0.1, 0.15) is 5.69 Å². The smallest absolute Gasteiger partial charge is 0.271 e. The Bertz CT molecular complexity index is 311. The molecule has 6 heteroatoms. The molecule has 0 radical (unpaired) electrons. The summed E-state index contributed by atoms with van der Waals surface area (Å²) in [5, 5.41) is 17.6. The molecular weight excluding hydrogens is 198 g/mol. The van der Waals surface area contributed by atoms with Gasteiger partial charge >= 0.3 is 0 Å². The van der Waals surface area contributed by atoms with Crippen LogP contribution in [-0.4, -0.2) is 47.6 Å². The van der Waals surface area contributed by atoms with E-state index in [0.29, 0.717) is 18.8 Å². The van der Waals surface area contributed by atoms with Gasteiger partial charge in [0.15, 0.2) is 0 Å². The molecule has 3 N–H and O–H groups in total. The first-order valence-electron chi connectivity index (χ1n) is 4.73. The van der Waals surface area contributed by atoms with Crippen LogP contribution in [-0.2, 0) is 4.74 Å². The molecule has 1 amide bonds. The highest BCUT2D eigenvalue weighted by Gasteiger charge is 2.07. The van der Waals surface area contributed by atoms with Gasteiger partial charge < -0.3 is 15.2 Å². The van der Waals surface area contributed by atoms with Crippen LogP contribution in [0.2, 0.25) is 0 Å². The number of aromatic nitrogens is 2. The minimum atomic E-state index is -0.230. The van der Waals surface area contributed by atoms with Crippen molar-refractivity contribution in [2.45, 2.75) is 6.92 Å². The van der Waals surface area contributed by atoms with E-state index in [0.717, 1.165) is 5.69 Å². The lowest BCUT2D eigenvalue weighted by Gasteiger charge is -2.03. The number of rotatable bonds is 6. The average Bonchev–Trinajstić information content (AvgIpc) is 2.64. The molecule has 1 heterocycles. The van der Waals surface area contributed by atoms with E-state index in [1.54, 1.807) is 6.07 Å². The summed E-state index contributed by atoms with van der Waals surface area (Å²) in [5.74, 6) is -0.230. The number of aliphatic hydroxyl groups is 1. The van der Waals surface area contributed by atoms with Gasteiger partial charge in [-0.25, -0.2) is 0 Å². The Morgan fingerprint density at radius 3 is 3.07 bits per heavy atom. The van der Waals surface area contributed by atoms with Gasteiger partial charge in [0.25, 0.3) is 5.91 Å². The average molecular weight is 213 g/mol. The Balaban J connectivity index is 2.19. The number of aromatic amines is 1. The number of ether oxygens (including phenoxy) is 1. The summed E-state index contributed by atoms with van der Waals surface area (Å²) in [7, 11) is 0. The predicted molar refractivity (Wildman–Crippen MR) is 53.6 cm³/mol. The van der Waals surface area contributed by atoms with Gasteiger partial charge in [0.05, 0.1) is 19.8 Å². The van der Waals surface area contributed by atoms with Crippen LogP contribution in [0.3, 0.4) is 0 Å². The largest absolute Gasteiger partial charge is 0.394 e. The summed E-state index contributed by atoms with van der Waals surface area (Å²) in [6.45, 7) is 2.90. The van der Waals surface area contributed by atoms with Crippen molar-refractivity contribution in [1.82, 2.24) is 15.5 Å². The summed E-state index contributed by atoms with van der Waals surface area (Å²) in [5.41, 5.74) is 1.21. The summed E-state index contributed by atoms with van der Waals surface area (Å²) >= 11 is 0. The maximum atomic E-state index is 11.4. The molecule has 0 unspecified atom stereocenters. The molecule has 1 rings (SSSR count). The first-order chi connectivity index (χ1) is 7.24. The first kappa shape index (κ1) is 11.7. The molecule has 0 aromatic carbocycles. The van der Waals surface area contributed by atoms with Crippen LogP contribution >= 0.6 is 0 Å². The third-order valence-corrected chi connectivity index (χ3v) is 1.71. The number of carbonyl (C=O) groups is 1. The topological polar surface area (TPSA) is 87.2 Å². The van der Waals surface area contributed by atoms with E-state index in [2.05, 4.69) is 15.5 Å². The summed E-state index contributed by atoms with van der Waals surface area (Å²) < 4.78 is 4.98. The van der Waals surface area contributed by atoms with Crippen molar-refractivity contribution >= 4 is 5.91 Å². The molecule has 0 bridgehead atoms. The van der Waals surface area contributed by atoms with Crippen LogP contribution < -0.4 is 5.32 Å². The Morgan fingerprint density at radius 2 is 2.47 bits per heavy atom. The monoisotopic (exact) mass is 213 g/mol. The number of nitrogens with one attached hydrogen (secondary N) is 2. The minimum Gasteiger partial charge on any atom is -0.394 e. The van der Waals surface area contributed by atoms with E-state index in [-0.39, 0.29) is 19.1 Å². The highest BCUT2D eigenvalue weighted by atomic mass is 16.5. The number of hydrogen-bond donors (Lipinski definition) is 3. The molecule has 6 nitrogen and oxygen atoms in total. The number of H-pyrrole nitrogens is 1. The highest BCUT2D eigenvalue weighted by molar-refractivity contribution is 5.92. The van der Waals surface area contributed by atoms with E-state index < -0.39 is 0 Å². The second kappa shape index (κ2) is 6.15. The quantitative estimate of drug-likeness (QED) is 0.554. The zero-order valence-electron chi connectivity index (χ0n) is 8.62. The van der Waals surface area contributed by atoms with Gasteiger partial charge in [-0.15, -0.1) is 0 Å². The molecule has 0 atom stereocenters. The van der Waals surface area contributed by atoms with Crippen molar-refractivity contribution in [3.8, 4) is 0 Å². The third-order valence-electron chi connectivity index (χ3n) is 1.71. The Kier molecular flexibility index (Phi) is 4.79. The number of aliphatic hydroxyl groups excluding tert-OH is 1. The number of carbonyl (C=O) groups excluding carboxylic acids is 1. The van der Waals surface area contributed by atoms with Crippen LogP contribution in [0.4, 0.5) is 0 Å². The van der Waals surface area contributed by atoms with Crippen LogP contribution in [0.1, 0.15) is 16.2 Å². The number of aryl methyl sites for hydroxylation is 1. The molecule has 0 saturated heterocycles. The van der Waals surface area contributed by atoms with Gasteiger partial charge in [0, 0.05) is 12.2 Å². The van der Waals surface area contributed by atoms with Gasteiger partial charge in [0.2, 0.25) is 0 Å². The zero-order valence-corrected chi connectivity index (χ0v) is 8.62. The predicted octanol–water partition coefficient (Wildman–Crippen LogP) is -0.543. The van der Waals surface area contributed by atoms with E-state index in [1.165, 1.54) is 0 Å². The summed E-state index contributed by atoms with van der Waals surface area (Å²) in [6.07, 6.45) is 0. The summed E-state index contributed by atoms with van der Waals surface area (Å²) in [6, 6.07) is 1.67. The highest BCUT2D eigenvalue weighted by Crippen LogP contribution is 1.96. The molecule has 0 fully saturated rings. The second-order valence-electron chi connectivity index (χ2n) is 3.03. The third kappa shape index (κ3) is 4.09. The maximum absolute atomic E-state index is 11.4. The number of amides is 1. The molecule has 0 aliphatic carbocycles. The Morgan fingerprint density at radius 1 is 1.67 bits per heavy atom. The van der Waals surface area contributed by atoms with Crippen molar-refractivity contribution in [1.29, 1.82) is 0 Å². The molecule has 84 valence electrons. The van der Waals surface area contributed by atoms with Crippen LogP contribution in [0.25, 0.3) is 0 Å². The molecule has 0 aliphatic heterocycles. The van der Waals surface area contributed by atoms with Crippen molar-refractivity contribution < 1.29 is 14.6 Å². The van der Waals surface area contributed by atoms with Crippen molar-refractivity contribution in [2.75, 3.05) is 26.4 Å². The van der Waals surface area contributed by atoms with Gasteiger partial charge in [-0.05, 0) is 13.0 Å². The lowest BCUT2D eigenvalue weighted by molar-refractivity contribution is 0.0835. The lowest BCUT2D eigenvalue weighted by Crippen LogP contribution is -2.27. The second-order valence-corrected chi connectivity index (χ2v) is 3.03. The zero-order chi connectivity index (χ0) is 11.1. The van der Waals surface area contributed by atoms with Gasteiger partial charge in [-0.2, -0.15) is 5.10 Å². The fourth-order valence-corrected chi connectivity index (χ4v) is 1.03. The van der Waals surface area contributed by atoms with Crippen LogP contribution in [0.5, 0.6) is 0 Å². The molecular formula is C9H15N3O3. The van der Waals surface area contributed by atoms with Crippen molar-refractivity contribution in [2.24, 2.45) is 0 Å². The molecule has 15 heavy (non-hydrogen) atoms. The normalized spacial score (nSPS) is 10.3.